The van der Waals surface area contributed by atoms with Crippen molar-refractivity contribution in [1.82, 2.24) is 9.80 Å². The number of nitrogens with zero attached hydrogens (tertiary/aromatic N) is 2. The summed E-state index contributed by atoms with van der Waals surface area (Å²) in [4.78, 5) is 5.32. The summed E-state index contributed by atoms with van der Waals surface area (Å²) in [5.74, 6) is 0.919. The Morgan fingerprint density at radius 3 is 2.39 bits per heavy atom. The molecule has 0 aromatic carbocycles. The molecule has 1 heterocycles. The predicted octanol–water partition coefficient (Wildman–Crippen LogP) is 1.92. The fraction of sp³-hybridized carbons (Fsp3) is 1.00. The van der Waals surface area contributed by atoms with Crippen LogP contribution in [0.5, 0.6) is 0 Å². The summed E-state index contributed by atoms with van der Waals surface area (Å²) < 4.78 is 0. The zero-order valence-corrected chi connectivity index (χ0v) is 12.3. The van der Waals surface area contributed by atoms with E-state index in [1.807, 2.05) is 0 Å². The average Bonchev–Trinajstić information content (AvgIpc) is 2.85. The van der Waals surface area contributed by atoms with E-state index in [-0.39, 0.29) is 0 Å². The maximum atomic E-state index is 6.15. The van der Waals surface area contributed by atoms with Gasteiger partial charge in [-0.05, 0) is 38.1 Å². The van der Waals surface area contributed by atoms with Crippen molar-refractivity contribution in [3.8, 4) is 0 Å². The quantitative estimate of drug-likeness (QED) is 0.812. The third-order valence-corrected chi connectivity index (χ3v) is 5.23. The summed E-state index contributed by atoms with van der Waals surface area (Å²) in [7, 11) is 0. The molecule has 3 heteroatoms. The van der Waals surface area contributed by atoms with E-state index < -0.39 is 0 Å². The van der Waals surface area contributed by atoms with E-state index in [4.69, 9.17) is 5.73 Å². The lowest BCUT2D eigenvalue weighted by atomic mass is 9.92. The first-order chi connectivity index (χ1) is 8.74. The zero-order chi connectivity index (χ0) is 13.0. The third-order valence-electron chi connectivity index (χ3n) is 5.23. The Kier molecular flexibility index (Phi) is 5.05. The van der Waals surface area contributed by atoms with E-state index in [1.165, 1.54) is 64.8 Å². The van der Waals surface area contributed by atoms with E-state index in [2.05, 4.69) is 23.6 Å². The largest absolute Gasteiger partial charge is 0.329 e. The van der Waals surface area contributed by atoms with Crippen LogP contribution < -0.4 is 5.73 Å². The summed E-state index contributed by atoms with van der Waals surface area (Å²) in [5.41, 5.74) is 6.50. The molecular formula is C15H31N3. The van der Waals surface area contributed by atoms with Gasteiger partial charge in [0.15, 0.2) is 0 Å². The number of rotatable bonds is 5. The highest BCUT2D eigenvalue weighted by Gasteiger charge is 2.42. The first-order valence-corrected chi connectivity index (χ1v) is 7.91. The van der Waals surface area contributed by atoms with Gasteiger partial charge in [0.25, 0.3) is 0 Å². The van der Waals surface area contributed by atoms with E-state index in [0.717, 1.165) is 12.5 Å². The van der Waals surface area contributed by atoms with Crippen LogP contribution in [-0.2, 0) is 0 Å². The van der Waals surface area contributed by atoms with Gasteiger partial charge >= 0.3 is 0 Å². The molecule has 2 unspecified atom stereocenters. The van der Waals surface area contributed by atoms with Crippen LogP contribution in [0.1, 0.15) is 46.0 Å². The third kappa shape index (κ3) is 2.89. The normalized spacial score (nSPS) is 35.2. The second-order valence-electron chi connectivity index (χ2n) is 6.27. The first kappa shape index (κ1) is 14.3. The number of hydrogen-bond acceptors (Lipinski definition) is 3. The fourth-order valence-corrected chi connectivity index (χ4v) is 3.93. The molecule has 2 aliphatic rings. The number of hydrogen-bond donors (Lipinski definition) is 1. The minimum absolute atomic E-state index is 0.346. The molecule has 0 aromatic rings. The van der Waals surface area contributed by atoms with Crippen molar-refractivity contribution in [2.45, 2.75) is 51.5 Å². The highest BCUT2D eigenvalue weighted by atomic mass is 15.3. The van der Waals surface area contributed by atoms with Crippen LogP contribution in [0.3, 0.4) is 0 Å². The van der Waals surface area contributed by atoms with Gasteiger partial charge in [0.1, 0.15) is 0 Å². The Bertz CT molecular complexity index is 248. The predicted molar refractivity (Wildman–Crippen MR) is 77.7 cm³/mol. The monoisotopic (exact) mass is 253 g/mol. The summed E-state index contributed by atoms with van der Waals surface area (Å²) >= 11 is 0. The van der Waals surface area contributed by atoms with Crippen LogP contribution in [0.2, 0.25) is 0 Å². The summed E-state index contributed by atoms with van der Waals surface area (Å²) in [5, 5.41) is 0. The molecular weight excluding hydrogens is 222 g/mol. The van der Waals surface area contributed by atoms with Gasteiger partial charge in [-0.2, -0.15) is 0 Å². The Morgan fingerprint density at radius 2 is 1.89 bits per heavy atom. The van der Waals surface area contributed by atoms with E-state index in [9.17, 15) is 0 Å². The van der Waals surface area contributed by atoms with E-state index in [0.29, 0.717) is 5.54 Å². The van der Waals surface area contributed by atoms with Crippen molar-refractivity contribution in [2.24, 2.45) is 11.7 Å². The Labute approximate surface area is 113 Å². The van der Waals surface area contributed by atoms with Gasteiger partial charge in [-0.15, -0.1) is 0 Å². The molecule has 106 valence electrons. The van der Waals surface area contributed by atoms with Gasteiger partial charge < -0.3 is 10.6 Å². The molecule has 2 fully saturated rings. The summed E-state index contributed by atoms with van der Waals surface area (Å²) in [6, 6.07) is 0. The molecule has 3 nitrogen and oxygen atoms in total. The molecule has 0 bridgehead atoms. The Balaban J connectivity index is 1.90. The number of nitrogens with two attached hydrogens (primary N) is 1. The topological polar surface area (TPSA) is 32.5 Å². The van der Waals surface area contributed by atoms with Crippen LogP contribution in [-0.4, -0.2) is 54.6 Å². The zero-order valence-electron chi connectivity index (χ0n) is 12.3. The maximum Gasteiger partial charge on any atom is 0.0335 e. The van der Waals surface area contributed by atoms with Gasteiger partial charge in [0, 0.05) is 38.3 Å². The highest BCUT2D eigenvalue weighted by molar-refractivity contribution is 5.00. The molecule has 0 spiro atoms. The minimum Gasteiger partial charge on any atom is -0.329 e. The van der Waals surface area contributed by atoms with Gasteiger partial charge in [-0.3, -0.25) is 4.90 Å². The van der Waals surface area contributed by atoms with E-state index >= 15 is 0 Å². The maximum absolute atomic E-state index is 6.15. The standard InChI is InChI=1S/C15H31N3/c1-3-7-17-8-10-18(11-9-17)15(13-16)6-5-14(4-2)12-15/h14H,3-13,16H2,1-2H3. The Morgan fingerprint density at radius 1 is 1.17 bits per heavy atom. The van der Waals surface area contributed by atoms with Crippen molar-refractivity contribution in [2.75, 3.05) is 39.3 Å². The lowest BCUT2D eigenvalue weighted by Crippen LogP contribution is -2.59. The van der Waals surface area contributed by atoms with Crippen LogP contribution in [0.15, 0.2) is 0 Å². The molecule has 1 aliphatic heterocycles. The molecule has 2 atom stereocenters. The smallest absolute Gasteiger partial charge is 0.0335 e. The average molecular weight is 253 g/mol. The van der Waals surface area contributed by atoms with Crippen LogP contribution in [0, 0.1) is 5.92 Å². The van der Waals surface area contributed by atoms with Gasteiger partial charge in [-0.1, -0.05) is 20.3 Å². The molecule has 0 aromatic heterocycles. The Hall–Kier alpha value is -0.120. The van der Waals surface area contributed by atoms with Crippen LogP contribution >= 0.6 is 0 Å². The molecule has 2 N–H and O–H groups in total. The van der Waals surface area contributed by atoms with Gasteiger partial charge in [0.05, 0.1) is 0 Å². The SMILES string of the molecule is CCCN1CCN(C2(CN)CCC(CC)C2)CC1. The fourth-order valence-electron chi connectivity index (χ4n) is 3.93. The van der Waals surface area contributed by atoms with Crippen molar-refractivity contribution in [3.05, 3.63) is 0 Å². The lowest BCUT2D eigenvalue weighted by Gasteiger charge is -2.46. The second kappa shape index (κ2) is 6.36. The molecule has 1 saturated heterocycles. The van der Waals surface area contributed by atoms with Gasteiger partial charge in [-0.25, -0.2) is 0 Å². The van der Waals surface area contributed by atoms with Crippen molar-refractivity contribution in [1.29, 1.82) is 0 Å². The summed E-state index contributed by atoms with van der Waals surface area (Å²) in [6.45, 7) is 11.7. The lowest BCUT2D eigenvalue weighted by molar-refractivity contribution is 0.0372. The molecule has 18 heavy (non-hydrogen) atoms. The molecule has 2 rings (SSSR count). The number of piperazine rings is 1. The minimum atomic E-state index is 0.346. The first-order valence-electron chi connectivity index (χ1n) is 7.91. The molecule has 1 aliphatic carbocycles. The molecule has 0 radical (unpaired) electrons. The van der Waals surface area contributed by atoms with Crippen LogP contribution in [0.25, 0.3) is 0 Å². The van der Waals surface area contributed by atoms with Gasteiger partial charge in [0.2, 0.25) is 0 Å². The van der Waals surface area contributed by atoms with Crippen molar-refractivity contribution < 1.29 is 0 Å². The second-order valence-corrected chi connectivity index (χ2v) is 6.27. The molecule has 0 amide bonds. The molecule has 1 saturated carbocycles. The van der Waals surface area contributed by atoms with Crippen LogP contribution in [0.4, 0.5) is 0 Å². The van der Waals surface area contributed by atoms with E-state index in [1.54, 1.807) is 0 Å². The summed E-state index contributed by atoms with van der Waals surface area (Å²) in [6.07, 6.45) is 6.67. The highest BCUT2D eigenvalue weighted by Crippen LogP contribution is 2.40. The van der Waals surface area contributed by atoms with Crippen molar-refractivity contribution >= 4 is 0 Å². The van der Waals surface area contributed by atoms with Crippen molar-refractivity contribution in [3.63, 3.8) is 0 Å².